The minimum atomic E-state index is 0.155. The van der Waals surface area contributed by atoms with Crippen molar-refractivity contribution >= 4 is 10.8 Å². The quantitative estimate of drug-likeness (QED) is 0.631. The number of rotatable bonds is 2. The van der Waals surface area contributed by atoms with E-state index in [2.05, 4.69) is 65.8 Å². The molecule has 1 aliphatic heterocycles. The van der Waals surface area contributed by atoms with Gasteiger partial charge in [0.2, 0.25) is 0 Å². The first-order valence-electron chi connectivity index (χ1n) is 8.26. The number of aryl methyl sites for hydroxylation is 1. The van der Waals surface area contributed by atoms with Crippen LogP contribution in [0.15, 0.2) is 29.8 Å². The van der Waals surface area contributed by atoms with E-state index in [1.807, 2.05) is 0 Å². The molecule has 1 heterocycles. The fourth-order valence-electron chi connectivity index (χ4n) is 3.62. The van der Waals surface area contributed by atoms with Crippen LogP contribution in [0, 0.1) is 13.8 Å². The maximum atomic E-state index is 6.42. The summed E-state index contributed by atoms with van der Waals surface area (Å²) < 4.78 is 6.42. The molecule has 0 aromatic heterocycles. The van der Waals surface area contributed by atoms with Gasteiger partial charge in [-0.1, -0.05) is 37.6 Å². The van der Waals surface area contributed by atoms with Crippen molar-refractivity contribution in [3.8, 4) is 5.75 Å². The van der Waals surface area contributed by atoms with E-state index in [1.54, 1.807) is 0 Å². The normalized spacial score (nSPS) is 16.8. The lowest BCUT2D eigenvalue weighted by atomic mass is 9.86. The van der Waals surface area contributed by atoms with Crippen molar-refractivity contribution < 1.29 is 4.74 Å². The summed E-state index contributed by atoms with van der Waals surface area (Å²) in [7, 11) is 0. The largest absolute Gasteiger partial charge is 0.485 e. The Bertz CT molecular complexity index is 761. The molecule has 0 saturated carbocycles. The van der Waals surface area contributed by atoms with Gasteiger partial charge in [-0.05, 0) is 67.3 Å². The Balaban J connectivity index is 2.30. The highest BCUT2D eigenvalue weighted by Gasteiger charge is 2.25. The molecule has 0 aliphatic carbocycles. The van der Waals surface area contributed by atoms with Crippen LogP contribution < -0.4 is 4.74 Å². The zero-order valence-electron chi connectivity index (χ0n) is 14.6. The summed E-state index contributed by atoms with van der Waals surface area (Å²) in [6.07, 6.45) is 3.38. The molecule has 2 aromatic rings. The van der Waals surface area contributed by atoms with Crippen LogP contribution in [-0.2, 0) is 6.42 Å². The molecule has 0 fully saturated rings. The first-order chi connectivity index (χ1) is 10.4. The molecule has 0 N–H and O–H groups in total. The van der Waals surface area contributed by atoms with Gasteiger partial charge >= 0.3 is 0 Å². The first-order valence-corrected chi connectivity index (χ1v) is 8.26. The lowest BCUT2D eigenvalue weighted by Crippen LogP contribution is -2.23. The van der Waals surface area contributed by atoms with E-state index in [9.17, 15) is 0 Å². The van der Waals surface area contributed by atoms with Crippen LogP contribution in [-0.4, -0.2) is 6.10 Å². The van der Waals surface area contributed by atoms with Crippen molar-refractivity contribution in [1.29, 1.82) is 0 Å². The molecule has 1 aliphatic rings. The average Bonchev–Trinajstić information content (AvgIpc) is 2.44. The summed E-state index contributed by atoms with van der Waals surface area (Å²) in [5.74, 6) is 1.62. The van der Waals surface area contributed by atoms with Crippen LogP contribution in [0.25, 0.3) is 10.8 Å². The van der Waals surface area contributed by atoms with Crippen LogP contribution in [0.3, 0.4) is 0 Å². The molecule has 0 amide bonds. The molecule has 0 radical (unpaired) electrons. The highest BCUT2D eigenvalue weighted by atomic mass is 16.5. The molecule has 0 bridgehead atoms. The Labute approximate surface area is 134 Å². The van der Waals surface area contributed by atoms with Crippen LogP contribution in [0.5, 0.6) is 5.75 Å². The van der Waals surface area contributed by atoms with Gasteiger partial charge in [-0.15, -0.1) is 0 Å². The van der Waals surface area contributed by atoms with Gasteiger partial charge in [0.25, 0.3) is 0 Å². The average molecular weight is 294 g/mol. The van der Waals surface area contributed by atoms with E-state index < -0.39 is 0 Å². The second-order valence-electron chi connectivity index (χ2n) is 7.14. The third kappa shape index (κ3) is 2.43. The molecule has 116 valence electrons. The lowest BCUT2D eigenvalue weighted by Gasteiger charge is -2.29. The highest BCUT2D eigenvalue weighted by molar-refractivity contribution is 5.95. The molecular formula is C21H26O. The van der Waals surface area contributed by atoms with Crippen LogP contribution in [0.2, 0.25) is 0 Å². The maximum Gasteiger partial charge on any atom is 0.131 e. The van der Waals surface area contributed by atoms with E-state index >= 15 is 0 Å². The predicted molar refractivity (Wildman–Crippen MR) is 95.1 cm³/mol. The van der Waals surface area contributed by atoms with Gasteiger partial charge in [-0.3, -0.25) is 0 Å². The second-order valence-corrected chi connectivity index (χ2v) is 7.14. The van der Waals surface area contributed by atoms with Crippen LogP contribution in [0.1, 0.15) is 55.9 Å². The zero-order valence-corrected chi connectivity index (χ0v) is 14.6. The van der Waals surface area contributed by atoms with E-state index in [1.165, 1.54) is 38.6 Å². The van der Waals surface area contributed by atoms with Gasteiger partial charge in [0.15, 0.2) is 0 Å². The summed E-state index contributed by atoms with van der Waals surface area (Å²) in [6, 6.07) is 6.85. The molecule has 22 heavy (non-hydrogen) atoms. The van der Waals surface area contributed by atoms with Crippen LogP contribution in [0.4, 0.5) is 0 Å². The minimum absolute atomic E-state index is 0.155. The van der Waals surface area contributed by atoms with Crippen molar-refractivity contribution in [2.75, 3.05) is 0 Å². The minimum Gasteiger partial charge on any atom is -0.485 e. The molecule has 0 saturated heterocycles. The molecule has 3 rings (SSSR count). The number of hydrogen-bond acceptors (Lipinski definition) is 1. The third-order valence-electron chi connectivity index (χ3n) is 4.71. The SMILES string of the molecule is CC(C)=C[C@H]1Cc2c(C)ccc3cc(C(C)C)c(C)c(c23)O1. The van der Waals surface area contributed by atoms with Crippen molar-refractivity contribution in [1.82, 2.24) is 0 Å². The Morgan fingerprint density at radius 2 is 1.95 bits per heavy atom. The molecule has 1 atom stereocenters. The van der Waals surface area contributed by atoms with Crippen LogP contribution >= 0.6 is 0 Å². The van der Waals surface area contributed by atoms with Gasteiger partial charge in [-0.25, -0.2) is 0 Å². The fraction of sp³-hybridized carbons (Fsp3) is 0.429. The Morgan fingerprint density at radius 1 is 1.23 bits per heavy atom. The number of allylic oxidation sites excluding steroid dienone is 1. The van der Waals surface area contributed by atoms with E-state index in [0.29, 0.717) is 5.92 Å². The number of hydrogen-bond donors (Lipinski definition) is 0. The summed E-state index contributed by atoms with van der Waals surface area (Å²) in [5, 5.41) is 2.65. The number of ether oxygens (including phenoxy) is 1. The summed E-state index contributed by atoms with van der Waals surface area (Å²) >= 11 is 0. The molecule has 0 spiro atoms. The number of benzene rings is 2. The predicted octanol–water partition coefficient (Wildman–Crippen LogP) is 5.85. The monoisotopic (exact) mass is 294 g/mol. The Kier molecular flexibility index (Phi) is 3.76. The maximum absolute atomic E-state index is 6.42. The van der Waals surface area contributed by atoms with Gasteiger partial charge in [0.1, 0.15) is 11.9 Å². The fourth-order valence-corrected chi connectivity index (χ4v) is 3.62. The van der Waals surface area contributed by atoms with Gasteiger partial charge in [-0.2, -0.15) is 0 Å². The third-order valence-corrected chi connectivity index (χ3v) is 4.71. The summed E-state index contributed by atoms with van der Waals surface area (Å²) in [4.78, 5) is 0. The van der Waals surface area contributed by atoms with Gasteiger partial charge < -0.3 is 4.74 Å². The second kappa shape index (κ2) is 5.46. The molecular weight excluding hydrogens is 268 g/mol. The lowest BCUT2D eigenvalue weighted by molar-refractivity contribution is 0.243. The van der Waals surface area contributed by atoms with Crippen molar-refractivity contribution in [3.63, 3.8) is 0 Å². The first kappa shape index (κ1) is 15.1. The van der Waals surface area contributed by atoms with E-state index in [-0.39, 0.29) is 6.10 Å². The standard InChI is InChI=1S/C21H26O/c1-12(2)9-17-11-19-14(5)7-8-16-10-18(13(3)4)15(6)21(22-17)20(16)19/h7-10,13,17H,11H2,1-6H3/t17-/m0/s1. The smallest absolute Gasteiger partial charge is 0.131 e. The topological polar surface area (TPSA) is 9.23 Å². The van der Waals surface area contributed by atoms with Gasteiger partial charge in [0.05, 0.1) is 0 Å². The zero-order chi connectivity index (χ0) is 16.0. The Hall–Kier alpha value is -1.76. The van der Waals surface area contributed by atoms with Gasteiger partial charge in [0, 0.05) is 11.8 Å². The molecule has 1 nitrogen and oxygen atoms in total. The van der Waals surface area contributed by atoms with Crippen molar-refractivity contribution in [2.45, 2.75) is 60.0 Å². The molecule has 1 heteroatoms. The molecule has 0 unspecified atom stereocenters. The van der Waals surface area contributed by atoms with Crippen molar-refractivity contribution in [2.24, 2.45) is 0 Å². The van der Waals surface area contributed by atoms with E-state index in [0.717, 1.165) is 12.2 Å². The summed E-state index contributed by atoms with van der Waals surface area (Å²) in [6.45, 7) is 13.2. The highest BCUT2D eigenvalue weighted by Crippen LogP contribution is 2.42. The summed E-state index contributed by atoms with van der Waals surface area (Å²) in [5.41, 5.74) is 6.85. The van der Waals surface area contributed by atoms with Crippen molar-refractivity contribution in [3.05, 3.63) is 52.1 Å². The Morgan fingerprint density at radius 3 is 2.59 bits per heavy atom. The molecule has 2 aromatic carbocycles. The van der Waals surface area contributed by atoms with E-state index in [4.69, 9.17) is 4.74 Å².